The number of hydrogen-bond acceptors (Lipinski definition) is 6. The normalized spacial score (nSPS) is 11.0. The van der Waals surface area contributed by atoms with E-state index in [1.165, 1.54) is 48.5 Å². The minimum atomic E-state index is -3.41. The van der Waals surface area contributed by atoms with Gasteiger partial charge < -0.3 is 5.32 Å². The highest BCUT2D eigenvalue weighted by atomic mass is 32.2. The van der Waals surface area contributed by atoms with E-state index in [-0.39, 0.29) is 16.9 Å². The Hall–Kier alpha value is -3.44. The molecule has 0 saturated carbocycles. The Bertz CT molecular complexity index is 1250. The third-order valence-electron chi connectivity index (χ3n) is 3.92. The Kier molecular flexibility index (Phi) is 6.56. The summed E-state index contributed by atoms with van der Waals surface area (Å²) in [5.74, 6) is -1.42. The number of sulfonamides is 1. The Morgan fingerprint density at radius 3 is 2.29 bits per heavy atom. The quantitative estimate of drug-likeness (QED) is 0.395. The lowest BCUT2D eigenvalue weighted by molar-refractivity contribution is -0.387. The van der Waals surface area contributed by atoms with Crippen molar-refractivity contribution in [3.8, 4) is 0 Å². The van der Waals surface area contributed by atoms with Crippen LogP contribution in [0.25, 0.3) is 0 Å². The molecular formula is C20H16FN3O5S2. The maximum atomic E-state index is 13.8. The molecule has 0 aliphatic rings. The highest BCUT2D eigenvalue weighted by Crippen LogP contribution is 2.37. The van der Waals surface area contributed by atoms with Crippen molar-refractivity contribution in [3.05, 3.63) is 88.2 Å². The molecule has 3 aromatic carbocycles. The number of nitrogens with one attached hydrogen (secondary N) is 2. The number of rotatable bonds is 7. The summed E-state index contributed by atoms with van der Waals surface area (Å²) in [5.41, 5.74) is 0.102. The van der Waals surface area contributed by atoms with Crippen molar-refractivity contribution < 1.29 is 22.5 Å². The Balaban J connectivity index is 1.80. The molecule has 3 aromatic rings. The van der Waals surface area contributed by atoms with Crippen molar-refractivity contribution >= 4 is 44.8 Å². The minimum absolute atomic E-state index is 0.150. The summed E-state index contributed by atoms with van der Waals surface area (Å²) in [6, 6.07) is 15.9. The molecular weight excluding hydrogens is 445 g/mol. The van der Waals surface area contributed by atoms with Crippen molar-refractivity contribution in [2.75, 3.05) is 16.3 Å². The van der Waals surface area contributed by atoms with Crippen LogP contribution >= 0.6 is 11.8 Å². The Morgan fingerprint density at radius 2 is 1.68 bits per heavy atom. The number of amides is 1. The van der Waals surface area contributed by atoms with E-state index in [2.05, 4.69) is 10.0 Å². The number of hydrogen-bond donors (Lipinski definition) is 2. The van der Waals surface area contributed by atoms with Crippen LogP contribution in [0.2, 0.25) is 0 Å². The first-order valence-electron chi connectivity index (χ1n) is 8.72. The van der Waals surface area contributed by atoms with Crippen LogP contribution < -0.4 is 10.0 Å². The fourth-order valence-corrected chi connectivity index (χ4v) is 4.06. The predicted octanol–water partition coefficient (Wildman–Crippen LogP) is 4.51. The second-order valence-corrected chi connectivity index (χ2v) is 9.24. The standard InChI is InChI=1S/C20H16FN3O5S2/c1-31(28,29)23-13-6-9-15(10-7-13)30-19-11-8-14(12-18(19)24(26)27)22-20(25)16-4-2-3-5-17(16)21/h2-12,23H,1H3,(H,22,25). The van der Waals surface area contributed by atoms with Crippen LogP contribution in [0, 0.1) is 15.9 Å². The van der Waals surface area contributed by atoms with Gasteiger partial charge in [0, 0.05) is 22.3 Å². The predicted molar refractivity (Wildman–Crippen MR) is 116 cm³/mol. The summed E-state index contributed by atoms with van der Waals surface area (Å²) in [6.45, 7) is 0. The largest absolute Gasteiger partial charge is 0.322 e. The Morgan fingerprint density at radius 1 is 1.03 bits per heavy atom. The number of nitro groups is 1. The van der Waals surface area contributed by atoms with E-state index in [4.69, 9.17) is 0 Å². The first-order chi connectivity index (χ1) is 14.6. The number of anilines is 2. The van der Waals surface area contributed by atoms with E-state index in [1.54, 1.807) is 12.1 Å². The summed E-state index contributed by atoms with van der Waals surface area (Å²) in [5, 5.41) is 14.0. The summed E-state index contributed by atoms with van der Waals surface area (Å²) in [4.78, 5) is 24.2. The molecule has 0 aliphatic carbocycles. The van der Waals surface area contributed by atoms with Gasteiger partial charge in [0.2, 0.25) is 10.0 Å². The average Bonchev–Trinajstić information content (AvgIpc) is 2.69. The fourth-order valence-electron chi connectivity index (χ4n) is 2.60. The monoisotopic (exact) mass is 461 g/mol. The third kappa shape index (κ3) is 6.03. The van der Waals surface area contributed by atoms with Gasteiger partial charge in [0.1, 0.15) is 5.82 Å². The van der Waals surface area contributed by atoms with Gasteiger partial charge in [-0.25, -0.2) is 12.8 Å². The molecule has 3 rings (SSSR count). The molecule has 0 saturated heterocycles. The van der Waals surface area contributed by atoms with Gasteiger partial charge in [0.15, 0.2) is 0 Å². The van der Waals surface area contributed by atoms with Crippen molar-refractivity contribution in [3.63, 3.8) is 0 Å². The van der Waals surface area contributed by atoms with Gasteiger partial charge in [-0.3, -0.25) is 19.6 Å². The average molecular weight is 461 g/mol. The van der Waals surface area contributed by atoms with Crippen LogP contribution in [-0.2, 0) is 10.0 Å². The van der Waals surface area contributed by atoms with E-state index in [1.807, 2.05) is 0 Å². The zero-order chi connectivity index (χ0) is 22.6. The van der Waals surface area contributed by atoms with Crippen LogP contribution in [-0.4, -0.2) is 25.5 Å². The number of nitrogens with zero attached hydrogens (tertiary/aromatic N) is 1. The SMILES string of the molecule is CS(=O)(=O)Nc1ccc(Sc2ccc(NC(=O)c3ccccc3F)cc2[N+](=O)[O-])cc1. The Labute approximate surface area is 181 Å². The van der Waals surface area contributed by atoms with Crippen molar-refractivity contribution in [1.82, 2.24) is 0 Å². The molecule has 0 atom stereocenters. The molecule has 31 heavy (non-hydrogen) atoms. The summed E-state index contributed by atoms with van der Waals surface area (Å²) >= 11 is 1.10. The van der Waals surface area contributed by atoms with Crippen molar-refractivity contribution in [2.45, 2.75) is 9.79 Å². The van der Waals surface area contributed by atoms with E-state index in [0.717, 1.165) is 24.1 Å². The van der Waals surface area contributed by atoms with Crippen LogP contribution in [0.4, 0.5) is 21.5 Å². The lowest BCUT2D eigenvalue weighted by Crippen LogP contribution is -2.13. The zero-order valence-electron chi connectivity index (χ0n) is 16.0. The van der Waals surface area contributed by atoms with Gasteiger partial charge in [-0.1, -0.05) is 23.9 Å². The van der Waals surface area contributed by atoms with Gasteiger partial charge in [0.05, 0.1) is 21.6 Å². The van der Waals surface area contributed by atoms with Crippen LogP contribution in [0.5, 0.6) is 0 Å². The van der Waals surface area contributed by atoms with E-state index < -0.39 is 26.7 Å². The van der Waals surface area contributed by atoms with E-state index in [0.29, 0.717) is 15.5 Å². The molecule has 0 unspecified atom stereocenters. The topological polar surface area (TPSA) is 118 Å². The maximum absolute atomic E-state index is 13.8. The van der Waals surface area contributed by atoms with Crippen LogP contribution in [0.1, 0.15) is 10.4 Å². The molecule has 0 radical (unpaired) electrons. The fraction of sp³-hybridized carbons (Fsp3) is 0.0500. The maximum Gasteiger partial charge on any atom is 0.285 e. The molecule has 0 aliphatic heterocycles. The summed E-state index contributed by atoms with van der Waals surface area (Å²) < 4.78 is 38.6. The van der Waals surface area contributed by atoms with Gasteiger partial charge >= 0.3 is 0 Å². The van der Waals surface area contributed by atoms with E-state index >= 15 is 0 Å². The number of carbonyl (C=O) groups excluding carboxylic acids is 1. The lowest BCUT2D eigenvalue weighted by Gasteiger charge is -2.09. The van der Waals surface area contributed by atoms with Crippen LogP contribution in [0.3, 0.4) is 0 Å². The molecule has 2 N–H and O–H groups in total. The number of benzene rings is 3. The highest BCUT2D eigenvalue weighted by Gasteiger charge is 2.18. The molecule has 0 bridgehead atoms. The van der Waals surface area contributed by atoms with Gasteiger partial charge in [-0.05, 0) is 48.5 Å². The molecule has 8 nitrogen and oxygen atoms in total. The third-order valence-corrected chi connectivity index (χ3v) is 5.60. The van der Waals surface area contributed by atoms with Crippen LogP contribution in [0.15, 0.2) is 76.5 Å². The summed E-state index contributed by atoms with van der Waals surface area (Å²) in [7, 11) is -3.41. The first kappa shape index (κ1) is 22.2. The molecule has 0 fully saturated rings. The lowest BCUT2D eigenvalue weighted by atomic mass is 10.2. The smallest absolute Gasteiger partial charge is 0.285 e. The minimum Gasteiger partial charge on any atom is -0.322 e. The van der Waals surface area contributed by atoms with Gasteiger partial charge in [-0.2, -0.15) is 0 Å². The number of carbonyl (C=O) groups is 1. The van der Waals surface area contributed by atoms with Crippen molar-refractivity contribution in [2.24, 2.45) is 0 Å². The highest BCUT2D eigenvalue weighted by molar-refractivity contribution is 7.99. The van der Waals surface area contributed by atoms with Crippen molar-refractivity contribution in [1.29, 1.82) is 0 Å². The molecule has 1 amide bonds. The number of nitro benzene ring substituents is 1. The first-order valence-corrected chi connectivity index (χ1v) is 11.4. The van der Waals surface area contributed by atoms with Gasteiger partial charge in [0.25, 0.3) is 11.6 Å². The molecule has 160 valence electrons. The summed E-state index contributed by atoms with van der Waals surface area (Å²) in [6.07, 6.45) is 1.03. The molecule has 11 heteroatoms. The second kappa shape index (κ2) is 9.14. The zero-order valence-corrected chi connectivity index (χ0v) is 17.7. The number of halogens is 1. The van der Waals surface area contributed by atoms with Gasteiger partial charge in [-0.15, -0.1) is 0 Å². The second-order valence-electron chi connectivity index (χ2n) is 6.37. The molecule has 0 aromatic heterocycles. The molecule has 0 heterocycles. The molecule has 0 spiro atoms. The van der Waals surface area contributed by atoms with E-state index in [9.17, 15) is 27.7 Å².